The summed E-state index contributed by atoms with van der Waals surface area (Å²) in [5.41, 5.74) is 12.2. The molecule has 0 saturated carbocycles. The predicted molar refractivity (Wildman–Crippen MR) is 224 cm³/mol. The number of hydrogen-bond acceptors (Lipinski definition) is 4. The van der Waals surface area contributed by atoms with Gasteiger partial charge in [0.15, 0.2) is 0 Å². The van der Waals surface area contributed by atoms with E-state index in [1.54, 1.807) is 0 Å². The Labute approximate surface area is 340 Å². The zero-order valence-corrected chi connectivity index (χ0v) is 35.3. The van der Waals surface area contributed by atoms with Gasteiger partial charge in [0.05, 0.1) is 0 Å². The molecule has 7 aromatic rings. The number of aromatic nitrogens is 2. The zero-order chi connectivity index (χ0) is 37.9. The fraction of sp³-hybridized carbons (Fsp3) is 0.224. The number of para-hydroxylation sites is 1. The molecule has 0 fully saturated rings. The largest absolute Gasteiger partial charge is 0.509 e. The van der Waals surface area contributed by atoms with Crippen molar-refractivity contribution >= 4 is 38.9 Å². The van der Waals surface area contributed by atoms with Crippen LogP contribution in [-0.2, 0) is 31.9 Å². The molecule has 0 N–H and O–H groups in total. The molecule has 3 heterocycles. The Kier molecular flexibility index (Phi) is 10.1. The van der Waals surface area contributed by atoms with Crippen LogP contribution >= 0.6 is 0 Å². The maximum absolute atomic E-state index is 6.74. The minimum Gasteiger partial charge on any atom is -0.509 e. The van der Waals surface area contributed by atoms with Crippen LogP contribution in [0.4, 0.5) is 11.4 Å². The summed E-state index contributed by atoms with van der Waals surface area (Å²) in [6.07, 6.45) is 4.12. The molecule has 1 aliphatic heterocycles. The Morgan fingerprint density at radius 1 is 0.673 bits per heavy atom. The van der Waals surface area contributed by atoms with Crippen LogP contribution in [0, 0.1) is 39.6 Å². The molecule has 55 heavy (non-hydrogen) atoms. The molecule has 0 saturated heterocycles. The second-order valence-electron chi connectivity index (χ2n) is 16.6. The Bertz CT molecular complexity index is 2570. The molecule has 8 rings (SSSR count). The van der Waals surface area contributed by atoms with E-state index in [9.17, 15) is 0 Å². The van der Waals surface area contributed by atoms with Gasteiger partial charge in [-0.25, -0.2) is 4.98 Å². The average Bonchev–Trinajstić information content (AvgIpc) is 3.71. The Hall–Kier alpha value is -5.12. The monoisotopic (exact) mass is 902 g/mol. The van der Waals surface area contributed by atoms with Gasteiger partial charge < -0.3 is 19.1 Å². The van der Waals surface area contributed by atoms with Crippen molar-refractivity contribution in [2.45, 2.75) is 73.1 Å². The summed E-state index contributed by atoms with van der Waals surface area (Å²) in [5, 5.41) is 2.25. The normalized spacial score (nSPS) is 13.4. The molecule has 2 aromatic heterocycles. The maximum Gasteiger partial charge on any atom is 0.135 e. The van der Waals surface area contributed by atoms with Gasteiger partial charge in [0, 0.05) is 61.2 Å². The quantitative estimate of drug-likeness (QED) is 0.156. The first-order valence-electron chi connectivity index (χ1n) is 18.7. The van der Waals surface area contributed by atoms with Gasteiger partial charge in [-0.1, -0.05) is 95.6 Å². The zero-order valence-electron chi connectivity index (χ0n) is 33.1. The summed E-state index contributed by atoms with van der Waals surface area (Å²) in [6, 6.07) is 43.7. The topological polar surface area (TPSA) is 33.5 Å². The molecule has 0 radical (unpaired) electrons. The molecule has 0 amide bonds. The summed E-state index contributed by atoms with van der Waals surface area (Å²) in [5.74, 6) is 2.11. The maximum atomic E-state index is 6.74. The number of ether oxygens (including phenoxy) is 1. The van der Waals surface area contributed by atoms with Crippen molar-refractivity contribution in [2.24, 2.45) is 0 Å². The van der Waals surface area contributed by atoms with Gasteiger partial charge in [0.25, 0.3) is 0 Å². The third kappa shape index (κ3) is 7.35. The number of pyridine rings is 1. The van der Waals surface area contributed by atoms with E-state index in [1.807, 2.05) is 12.3 Å². The predicted octanol–water partition coefficient (Wildman–Crippen LogP) is 12.5. The number of benzene rings is 5. The molecular formula is C49H47N4OPt-3. The van der Waals surface area contributed by atoms with Crippen LogP contribution in [0.2, 0.25) is 0 Å². The average molecular weight is 903 g/mol. The van der Waals surface area contributed by atoms with Crippen LogP contribution in [0.3, 0.4) is 0 Å². The van der Waals surface area contributed by atoms with E-state index in [2.05, 4.69) is 199 Å². The van der Waals surface area contributed by atoms with Gasteiger partial charge in [-0.05, 0) is 95.8 Å². The van der Waals surface area contributed by atoms with Gasteiger partial charge in [-0.15, -0.1) is 53.6 Å². The van der Waals surface area contributed by atoms with E-state index in [0.717, 1.165) is 50.3 Å². The van der Waals surface area contributed by atoms with E-state index in [-0.39, 0.29) is 31.9 Å². The minimum absolute atomic E-state index is 0. The van der Waals surface area contributed by atoms with Crippen LogP contribution in [0.1, 0.15) is 74.9 Å². The van der Waals surface area contributed by atoms with Crippen molar-refractivity contribution in [3.05, 3.63) is 168 Å². The van der Waals surface area contributed by atoms with Gasteiger partial charge in [-0.3, -0.25) is 0 Å². The second kappa shape index (κ2) is 14.5. The second-order valence-corrected chi connectivity index (χ2v) is 16.6. The first-order valence-corrected chi connectivity index (χ1v) is 18.7. The van der Waals surface area contributed by atoms with Crippen molar-refractivity contribution in [2.75, 3.05) is 9.80 Å². The summed E-state index contributed by atoms with van der Waals surface area (Å²) >= 11 is 0. The molecule has 0 spiro atoms. The number of hydrogen-bond donors (Lipinski definition) is 0. The van der Waals surface area contributed by atoms with Gasteiger partial charge in [-0.2, -0.15) is 6.07 Å². The van der Waals surface area contributed by atoms with E-state index in [4.69, 9.17) is 9.72 Å². The van der Waals surface area contributed by atoms with Gasteiger partial charge in [0.1, 0.15) is 5.82 Å². The van der Waals surface area contributed by atoms with Crippen molar-refractivity contribution < 1.29 is 25.8 Å². The summed E-state index contributed by atoms with van der Waals surface area (Å²) in [6.45, 7) is 22.0. The Morgan fingerprint density at radius 3 is 2.13 bits per heavy atom. The third-order valence-electron chi connectivity index (χ3n) is 10.4. The van der Waals surface area contributed by atoms with Crippen molar-refractivity contribution in [3.8, 4) is 17.3 Å². The number of rotatable bonds is 6. The van der Waals surface area contributed by atoms with Crippen molar-refractivity contribution in [1.29, 1.82) is 0 Å². The molecule has 5 nitrogen and oxygen atoms in total. The number of aryl methyl sites for hydroxylation is 3. The fourth-order valence-corrected chi connectivity index (χ4v) is 7.39. The first kappa shape index (κ1) is 38.2. The molecular weight excluding hydrogens is 856 g/mol. The summed E-state index contributed by atoms with van der Waals surface area (Å²) in [7, 11) is 0. The van der Waals surface area contributed by atoms with Crippen LogP contribution < -0.4 is 14.5 Å². The third-order valence-corrected chi connectivity index (χ3v) is 10.4. The Balaban J connectivity index is 0.00000465. The SMILES string of the molecule is Cc1cccc(N2[CH-]N(c3[c-]c(Oc4[c-]c5c(cc4)c4ccccc4n5-c4cc(C(C)(C)C)ccn4)cc(C(C)(C)C)c3)C=C2c2c(C)cccc2C)c1.[Pt]. The van der Waals surface area contributed by atoms with Crippen LogP contribution in [-0.4, -0.2) is 9.55 Å². The Morgan fingerprint density at radius 2 is 1.40 bits per heavy atom. The van der Waals surface area contributed by atoms with E-state index in [0.29, 0.717) is 11.5 Å². The number of anilines is 2. The molecule has 6 heteroatoms. The minimum atomic E-state index is -0.138. The molecule has 5 aromatic carbocycles. The van der Waals surface area contributed by atoms with Crippen LogP contribution in [0.15, 0.2) is 116 Å². The van der Waals surface area contributed by atoms with Gasteiger partial charge >= 0.3 is 0 Å². The van der Waals surface area contributed by atoms with Crippen LogP contribution in [0.5, 0.6) is 11.5 Å². The molecule has 1 aliphatic rings. The molecule has 0 aliphatic carbocycles. The van der Waals surface area contributed by atoms with Crippen molar-refractivity contribution in [3.63, 3.8) is 0 Å². The molecule has 0 atom stereocenters. The standard InChI is InChI=1S/C49H47N4O.Pt/c1-32-14-12-17-37(24-32)52-31-51(30-45(52)47-33(2)15-13-16-34(47)3)38-25-36(49(7,8)9)26-40(28-38)54-39-20-21-42-41-18-10-11-19-43(41)53(44(42)29-39)46-27-35(22-23-50-46)48(4,5)6;/h10-27,30-31H,1-9H3;/q-3;. The van der Waals surface area contributed by atoms with Gasteiger partial charge in [0.2, 0.25) is 0 Å². The summed E-state index contributed by atoms with van der Waals surface area (Å²) < 4.78 is 8.95. The van der Waals surface area contributed by atoms with E-state index >= 15 is 0 Å². The van der Waals surface area contributed by atoms with Crippen molar-refractivity contribution in [1.82, 2.24) is 9.55 Å². The smallest absolute Gasteiger partial charge is 0.135 e. The molecule has 0 bridgehead atoms. The van der Waals surface area contributed by atoms with Crippen LogP contribution in [0.25, 0.3) is 33.3 Å². The molecule has 282 valence electrons. The molecule has 0 unspecified atom stereocenters. The number of fused-ring (bicyclic) bond motifs is 3. The first-order chi connectivity index (χ1) is 25.7. The number of nitrogens with zero attached hydrogens (tertiary/aromatic N) is 4. The van der Waals surface area contributed by atoms with E-state index in [1.165, 1.54) is 27.8 Å². The fourth-order valence-electron chi connectivity index (χ4n) is 7.39. The summed E-state index contributed by atoms with van der Waals surface area (Å²) in [4.78, 5) is 9.31. The van der Waals surface area contributed by atoms with E-state index < -0.39 is 0 Å².